The Labute approximate surface area is 114 Å². The Hall–Kier alpha value is -1.39. The van der Waals surface area contributed by atoms with Gasteiger partial charge in [-0.25, -0.2) is 4.39 Å². The second kappa shape index (κ2) is 5.98. The maximum absolute atomic E-state index is 13.4. The zero-order valence-corrected chi connectivity index (χ0v) is 11.3. The van der Waals surface area contributed by atoms with Crippen molar-refractivity contribution >= 4 is 15.9 Å². The molecule has 18 heavy (non-hydrogen) atoms. The van der Waals surface area contributed by atoms with Gasteiger partial charge in [-0.1, -0.05) is 22.0 Å². The lowest BCUT2D eigenvalue weighted by Crippen LogP contribution is -2.03. The van der Waals surface area contributed by atoms with Gasteiger partial charge in [-0.3, -0.25) is 0 Å². The van der Waals surface area contributed by atoms with E-state index in [1.165, 1.54) is 12.1 Å². The summed E-state index contributed by atoms with van der Waals surface area (Å²) in [5, 5.41) is 0. The highest BCUT2D eigenvalue weighted by molar-refractivity contribution is 9.10. The highest BCUT2D eigenvalue weighted by Gasteiger charge is 2.03. The summed E-state index contributed by atoms with van der Waals surface area (Å²) in [6.45, 7) is 0.486. The average Bonchev–Trinajstić information content (AvgIpc) is 2.28. The summed E-state index contributed by atoms with van der Waals surface area (Å²) in [5.41, 5.74) is 6.30. The Bertz CT molecular complexity index is 545. The number of nitrogens with two attached hydrogens (primary N) is 1. The first-order valence-corrected chi connectivity index (χ1v) is 6.39. The van der Waals surface area contributed by atoms with E-state index in [2.05, 4.69) is 15.9 Å². The third kappa shape index (κ3) is 3.55. The van der Waals surface area contributed by atoms with E-state index in [9.17, 15) is 4.39 Å². The minimum Gasteiger partial charge on any atom is -0.457 e. The van der Waals surface area contributed by atoms with Crippen molar-refractivity contribution in [3.8, 4) is 11.5 Å². The van der Waals surface area contributed by atoms with Crippen LogP contribution in [0.4, 0.5) is 4.39 Å². The van der Waals surface area contributed by atoms with Gasteiger partial charge in [-0.15, -0.1) is 0 Å². The van der Waals surface area contributed by atoms with Crippen molar-refractivity contribution in [1.82, 2.24) is 0 Å². The van der Waals surface area contributed by atoms with Gasteiger partial charge in [0.1, 0.15) is 17.3 Å². The van der Waals surface area contributed by atoms with Crippen LogP contribution < -0.4 is 10.5 Å². The molecule has 0 bridgehead atoms. The zero-order valence-electron chi connectivity index (χ0n) is 9.70. The fourth-order valence-electron chi connectivity index (χ4n) is 1.66. The van der Waals surface area contributed by atoms with Crippen LogP contribution in [0.1, 0.15) is 5.56 Å². The Balaban J connectivity index is 2.23. The van der Waals surface area contributed by atoms with Crippen LogP contribution in [0.25, 0.3) is 0 Å². The zero-order chi connectivity index (χ0) is 13.0. The fraction of sp³-hybridized carbons (Fsp3) is 0.143. The lowest BCUT2D eigenvalue weighted by molar-refractivity contribution is 0.475. The lowest BCUT2D eigenvalue weighted by Gasteiger charge is -2.08. The van der Waals surface area contributed by atoms with E-state index < -0.39 is 0 Å². The van der Waals surface area contributed by atoms with Crippen molar-refractivity contribution < 1.29 is 9.13 Å². The Morgan fingerprint density at radius 3 is 2.67 bits per heavy atom. The van der Waals surface area contributed by atoms with Crippen molar-refractivity contribution in [1.29, 1.82) is 0 Å². The lowest BCUT2D eigenvalue weighted by atomic mass is 10.1. The number of benzene rings is 2. The van der Waals surface area contributed by atoms with E-state index in [0.29, 0.717) is 24.5 Å². The van der Waals surface area contributed by atoms with Gasteiger partial charge in [-0.05, 0) is 48.9 Å². The van der Waals surface area contributed by atoms with Crippen molar-refractivity contribution in [3.63, 3.8) is 0 Å². The van der Waals surface area contributed by atoms with E-state index in [1.807, 2.05) is 24.3 Å². The fourth-order valence-corrected chi connectivity index (χ4v) is 2.04. The monoisotopic (exact) mass is 309 g/mol. The van der Waals surface area contributed by atoms with Crippen LogP contribution in [0.2, 0.25) is 0 Å². The van der Waals surface area contributed by atoms with Gasteiger partial charge in [0.15, 0.2) is 0 Å². The number of ether oxygens (including phenoxy) is 1. The summed E-state index contributed by atoms with van der Waals surface area (Å²) in [6, 6.07) is 12.0. The average molecular weight is 310 g/mol. The quantitative estimate of drug-likeness (QED) is 0.930. The van der Waals surface area contributed by atoms with Crippen LogP contribution in [0.15, 0.2) is 46.9 Å². The maximum Gasteiger partial charge on any atom is 0.130 e. The molecule has 0 radical (unpaired) electrons. The Morgan fingerprint density at radius 2 is 1.94 bits per heavy atom. The van der Waals surface area contributed by atoms with Gasteiger partial charge in [0, 0.05) is 10.5 Å². The molecule has 0 spiro atoms. The maximum atomic E-state index is 13.4. The summed E-state index contributed by atoms with van der Waals surface area (Å²) < 4.78 is 19.9. The predicted molar refractivity (Wildman–Crippen MR) is 73.4 cm³/mol. The second-order valence-corrected chi connectivity index (χ2v) is 4.81. The highest BCUT2D eigenvalue weighted by atomic mass is 79.9. The minimum atomic E-state index is -0.314. The van der Waals surface area contributed by atoms with E-state index in [4.69, 9.17) is 10.5 Å². The Kier molecular flexibility index (Phi) is 4.33. The summed E-state index contributed by atoms with van der Waals surface area (Å²) in [5.74, 6) is 0.830. The van der Waals surface area contributed by atoms with Crippen molar-refractivity contribution in [3.05, 3.63) is 58.3 Å². The van der Waals surface area contributed by atoms with Crippen molar-refractivity contribution in [2.75, 3.05) is 6.54 Å². The number of halogens is 2. The second-order valence-electron chi connectivity index (χ2n) is 3.89. The standard InChI is InChI=1S/C14H13BrFNO/c15-11-2-1-3-13(8-11)18-14-7-10(4-5-17)6-12(16)9-14/h1-3,6-9H,4-5,17H2. The highest BCUT2D eigenvalue weighted by Crippen LogP contribution is 2.26. The molecule has 0 heterocycles. The van der Waals surface area contributed by atoms with E-state index in [1.54, 1.807) is 6.07 Å². The molecule has 0 aliphatic carbocycles. The van der Waals surface area contributed by atoms with Crippen molar-refractivity contribution in [2.45, 2.75) is 6.42 Å². The van der Waals surface area contributed by atoms with Crippen LogP contribution in [0, 0.1) is 5.82 Å². The van der Waals surface area contributed by atoms with Gasteiger partial charge in [0.2, 0.25) is 0 Å². The normalized spacial score (nSPS) is 10.4. The molecule has 0 aliphatic heterocycles. The third-order valence-corrected chi connectivity index (χ3v) is 2.89. The van der Waals surface area contributed by atoms with E-state index in [-0.39, 0.29) is 5.82 Å². The molecule has 0 amide bonds. The molecule has 2 nitrogen and oxygen atoms in total. The van der Waals surface area contributed by atoms with E-state index >= 15 is 0 Å². The summed E-state index contributed by atoms with van der Waals surface area (Å²) in [6.07, 6.45) is 0.632. The summed E-state index contributed by atoms with van der Waals surface area (Å²) in [4.78, 5) is 0. The Morgan fingerprint density at radius 1 is 1.11 bits per heavy atom. The molecule has 0 saturated carbocycles. The summed E-state index contributed by atoms with van der Waals surface area (Å²) in [7, 11) is 0. The molecule has 2 N–H and O–H groups in total. The topological polar surface area (TPSA) is 35.2 Å². The predicted octanol–water partition coefficient (Wildman–Crippen LogP) is 3.88. The van der Waals surface area contributed by atoms with Gasteiger partial charge < -0.3 is 10.5 Å². The first kappa shape index (κ1) is 13.1. The summed E-state index contributed by atoms with van der Waals surface area (Å²) >= 11 is 3.36. The van der Waals surface area contributed by atoms with Crippen LogP contribution >= 0.6 is 15.9 Å². The number of hydrogen-bond donors (Lipinski definition) is 1. The molecular formula is C14H13BrFNO. The first-order valence-electron chi connectivity index (χ1n) is 5.60. The smallest absolute Gasteiger partial charge is 0.130 e. The van der Waals surface area contributed by atoms with Crippen LogP contribution in [0.5, 0.6) is 11.5 Å². The van der Waals surface area contributed by atoms with E-state index in [0.717, 1.165) is 10.0 Å². The first-order chi connectivity index (χ1) is 8.67. The molecule has 0 saturated heterocycles. The molecule has 2 aromatic rings. The van der Waals surface area contributed by atoms with Gasteiger partial charge >= 0.3 is 0 Å². The van der Waals surface area contributed by atoms with Crippen LogP contribution in [-0.4, -0.2) is 6.54 Å². The molecule has 0 unspecified atom stereocenters. The van der Waals surface area contributed by atoms with Crippen LogP contribution in [-0.2, 0) is 6.42 Å². The number of rotatable bonds is 4. The van der Waals surface area contributed by atoms with Gasteiger partial charge in [0.05, 0.1) is 0 Å². The molecule has 94 valence electrons. The van der Waals surface area contributed by atoms with Crippen molar-refractivity contribution in [2.24, 2.45) is 5.73 Å². The molecule has 0 aromatic heterocycles. The minimum absolute atomic E-state index is 0.314. The molecule has 2 rings (SSSR count). The molecule has 4 heteroatoms. The molecular weight excluding hydrogens is 297 g/mol. The molecule has 0 aliphatic rings. The SMILES string of the molecule is NCCc1cc(F)cc(Oc2cccc(Br)c2)c1. The number of hydrogen-bond acceptors (Lipinski definition) is 2. The largest absolute Gasteiger partial charge is 0.457 e. The molecule has 0 atom stereocenters. The third-order valence-electron chi connectivity index (χ3n) is 2.40. The molecule has 0 fully saturated rings. The van der Waals surface area contributed by atoms with Gasteiger partial charge in [0.25, 0.3) is 0 Å². The van der Waals surface area contributed by atoms with Crippen LogP contribution in [0.3, 0.4) is 0 Å². The molecule has 2 aromatic carbocycles. The van der Waals surface area contributed by atoms with Gasteiger partial charge in [-0.2, -0.15) is 0 Å².